The van der Waals surface area contributed by atoms with E-state index in [2.05, 4.69) is 12.1 Å². The second-order valence-corrected chi connectivity index (χ2v) is 5.87. The maximum absolute atomic E-state index is 11.7. The molecule has 0 aromatic heterocycles. The predicted octanol–water partition coefficient (Wildman–Crippen LogP) is 3.22. The second-order valence-electron chi connectivity index (χ2n) is 5.87. The normalized spacial score (nSPS) is 23.2. The number of aliphatic carboxylic acids is 1. The van der Waals surface area contributed by atoms with E-state index in [4.69, 9.17) is 4.74 Å². The van der Waals surface area contributed by atoms with Crippen LogP contribution in [0.5, 0.6) is 0 Å². The van der Waals surface area contributed by atoms with E-state index in [0.29, 0.717) is 0 Å². The number of carboxylic acids is 1. The molecule has 0 unspecified atom stereocenters. The van der Waals surface area contributed by atoms with Gasteiger partial charge in [-0.1, -0.05) is 37.1 Å². The summed E-state index contributed by atoms with van der Waals surface area (Å²) in [5.41, 5.74) is 1.28. The fourth-order valence-corrected chi connectivity index (χ4v) is 3.43. The third kappa shape index (κ3) is 1.88. The molecule has 3 nitrogen and oxygen atoms in total. The quantitative estimate of drug-likeness (QED) is 0.904. The second kappa shape index (κ2) is 4.34. The van der Waals surface area contributed by atoms with Crippen LogP contribution in [0.25, 0.3) is 0 Å². The predicted molar refractivity (Wildman–Crippen MR) is 72.1 cm³/mol. The van der Waals surface area contributed by atoms with Gasteiger partial charge < -0.3 is 9.84 Å². The summed E-state index contributed by atoms with van der Waals surface area (Å²) in [4.78, 5) is 11.7. The molecular weight excluding hydrogens is 240 g/mol. The number of benzene rings is 1. The van der Waals surface area contributed by atoms with Crippen molar-refractivity contribution >= 4 is 5.97 Å². The molecule has 0 heterocycles. The van der Waals surface area contributed by atoms with Crippen molar-refractivity contribution in [1.29, 1.82) is 0 Å². The molecule has 0 saturated heterocycles. The van der Waals surface area contributed by atoms with Crippen molar-refractivity contribution in [3.8, 4) is 0 Å². The van der Waals surface area contributed by atoms with E-state index in [1.807, 2.05) is 12.1 Å². The van der Waals surface area contributed by atoms with Gasteiger partial charge in [-0.25, -0.2) is 0 Å². The van der Waals surface area contributed by atoms with Crippen molar-refractivity contribution in [2.75, 3.05) is 7.11 Å². The maximum Gasteiger partial charge on any atom is 0.314 e. The molecule has 3 heteroatoms. The van der Waals surface area contributed by atoms with Crippen LogP contribution in [0.4, 0.5) is 0 Å². The Morgan fingerprint density at radius 3 is 2.32 bits per heavy atom. The smallest absolute Gasteiger partial charge is 0.314 e. The van der Waals surface area contributed by atoms with Gasteiger partial charge in [0.15, 0.2) is 0 Å². The molecule has 2 saturated carbocycles. The lowest BCUT2D eigenvalue weighted by atomic mass is 9.78. The van der Waals surface area contributed by atoms with Crippen molar-refractivity contribution in [3.63, 3.8) is 0 Å². The first-order chi connectivity index (χ1) is 9.13. The summed E-state index contributed by atoms with van der Waals surface area (Å²) in [7, 11) is 1.74. The van der Waals surface area contributed by atoms with Crippen LogP contribution < -0.4 is 0 Å². The van der Waals surface area contributed by atoms with Crippen molar-refractivity contribution in [3.05, 3.63) is 35.4 Å². The highest BCUT2D eigenvalue weighted by atomic mass is 16.5. The number of hydrogen-bond acceptors (Lipinski definition) is 2. The minimum absolute atomic E-state index is 0.145. The molecule has 1 aromatic carbocycles. The summed E-state index contributed by atoms with van der Waals surface area (Å²) in [6.45, 7) is 0. The molecule has 0 spiro atoms. The fourth-order valence-electron chi connectivity index (χ4n) is 3.43. The standard InChI is InChI=1S/C16H20O3/c1-19-16(9-10-16)13-6-4-5-12(11-13)15(14(17)18)7-2-3-8-15/h4-6,11H,2-3,7-10H2,1H3,(H,17,18). The highest BCUT2D eigenvalue weighted by Crippen LogP contribution is 2.50. The topological polar surface area (TPSA) is 46.5 Å². The summed E-state index contributed by atoms with van der Waals surface area (Å²) < 4.78 is 5.60. The number of carboxylic acid groups (broad SMARTS) is 1. The van der Waals surface area contributed by atoms with E-state index < -0.39 is 11.4 Å². The maximum atomic E-state index is 11.7. The van der Waals surface area contributed by atoms with Gasteiger partial charge >= 0.3 is 5.97 Å². The van der Waals surface area contributed by atoms with E-state index in [-0.39, 0.29) is 5.60 Å². The Morgan fingerprint density at radius 2 is 1.79 bits per heavy atom. The zero-order valence-corrected chi connectivity index (χ0v) is 11.3. The van der Waals surface area contributed by atoms with E-state index >= 15 is 0 Å². The molecule has 2 fully saturated rings. The molecule has 102 valence electrons. The zero-order chi connectivity index (χ0) is 13.5. The highest BCUT2D eigenvalue weighted by Gasteiger charge is 2.47. The Kier molecular flexibility index (Phi) is 2.90. The molecule has 0 amide bonds. The van der Waals surface area contributed by atoms with Crippen LogP contribution >= 0.6 is 0 Å². The average Bonchev–Trinajstić information content (AvgIpc) is 3.07. The van der Waals surface area contributed by atoms with Gasteiger partial charge in [-0.3, -0.25) is 4.79 Å². The van der Waals surface area contributed by atoms with E-state index in [1.54, 1.807) is 7.11 Å². The highest BCUT2D eigenvalue weighted by molar-refractivity contribution is 5.82. The van der Waals surface area contributed by atoms with Crippen molar-refractivity contribution in [2.45, 2.75) is 49.5 Å². The first kappa shape index (κ1) is 12.7. The first-order valence-corrected chi connectivity index (χ1v) is 7.03. The van der Waals surface area contributed by atoms with E-state index in [0.717, 1.165) is 49.7 Å². The Morgan fingerprint density at radius 1 is 1.16 bits per heavy atom. The van der Waals surface area contributed by atoms with Gasteiger partial charge in [0.05, 0.1) is 11.0 Å². The van der Waals surface area contributed by atoms with Crippen LogP contribution in [0.3, 0.4) is 0 Å². The summed E-state index contributed by atoms with van der Waals surface area (Å²) in [6.07, 6.45) is 5.59. The molecule has 0 aliphatic heterocycles. The zero-order valence-electron chi connectivity index (χ0n) is 11.3. The SMILES string of the molecule is COC1(c2cccc(C3(C(=O)O)CCCC3)c2)CC1. The molecule has 19 heavy (non-hydrogen) atoms. The van der Waals surface area contributed by atoms with Crippen molar-refractivity contribution in [2.24, 2.45) is 0 Å². The molecule has 0 atom stereocenters. The number of ether oxygens (including phenoxy) is 1. The van der Waals surface area contributed by atoms with Crippen molar-refractivity contribution in [1.82, 2.24) is 0 Å². The molecule has 0 radical (unpaired) electrons. The number of rotatable bonds is 4. The summed E-state index contributed by atoms with van der Waals surface area (Å²) in [6, 6.07) is 8.07. The van der Waals surface area contributed by atoms with Crippen LogP contribution in [-0.4, -0.2) is 18.2 Å². The van der Waals surface area contributed by atoms with Gasteiger partial charge in [0, 0.05) is 7.11 Å². The minimum atomic E-state index is -0.676. The van der Waals surface area contributed by atoms with Gasteiger partial charge in [-0.15, -0.1) is 0 Å². The van der Waals surface area contributed by atoms with E-state index in [1.165, 1.54) is 0 Å². The van der Waals surface area contributed by atoms with Gasteiger partial charge in [0.1, 0.15) is 0 Å². The van der Waals surface area contributed by atoms with Gasteiger partial charge in [0.2, 0.25) is 0 Å². The largest absolute Gasteiger partial charge is 0.481 e. The molecule has 2 aliphatic carbocycles. The molecule has 2 aliphatic rings. The Labute approximate surface area is 113 Å². The molecule has 1 N–H and O–H groups in total. The monoisotopic (exact) mass is 260 g/mol. The summed E-state index contributed by atoms with van der Waals surface area (Å²) in [5, 5.41) is 9.65. The lowest BCUT2D eigenvalue weighted by molar-refractivity contribution is -0.143. The van der Waals surface area contributed by atoms with Gasteiger partial charge in [-0.05, 0) is 36.8 Å². The molecule has 0 bridgehead atoms. The third-order valence-corrected chi connectivity index (χ3v) is 4.90. The summed E-state index contributed by atoms with van der Waals surface area (Å²) in [5.74, 6) is -0.676. The third-order valence-electron chi connectivity index (χ3n) is 4.90. The Bertz CT molecular complexity index is 496. The minimum Gasteiger partial charge on any atom is -0.481 e. The van der Waals surface area contributed by atoms with Crippen LogP contribution in [-0.2, 0) is 20.5 Å². The number of hydrogen-bond donors (Lipinski definition) is 1. The Balaban J connectivity index is 2.01. The van der Waals surface area contributed by atoms with Crippen LogP contribution in [0, 0.1) is 0 Å². The van der Waals surface area contributed by atoms with Crippen LogP contribution in [0.1, 0.15) is 49.7 Å². The Hall–Kier alpha value is -1.35. The molecular formula is C16H20O3. The van der Waals surface area contributed by atoms with Gasteiger partial charge in [0.25, 0.3) is 0 Å². The lowest BCUT2D eigenvalue weighted by Crippen LogP contribution is -2.32. The van der Waals surface area contributed by atoms with Gasteiger partial charge in [-0.2, -0.15) is 0 Å². The number of carbonyl (C=O) groups is 1. The summed E-state index contributed by atoms with van der Waals surface area (Å²) >= 11 is 0. The molecule has 3 rings (SSSR count). The molecule has 1 aromatic rings. The van der Waals surface area contributed by atoms with Crippen molar-refractivity contribution < 1.29 is 14.6 Å². The van der Waals surface area contributed by atoms with Crippen LogP contribution in [0.2, 0.25) is 0 Å². The van der Waals surface area contributed by atoms with Crippen LogP contribution in [0.15, 0.2) is 24.3 Å². The number of methoxy groups -OCH3 is 1. The average molecular weight is 260 g/mol. The van der Waals surface area contributed by atoms with E-state index in [9.17, 15) is 9.90 Å². The first-order valence-electron chi connectivity index (χ1n) is 7.03. The fraction of sp³-hybridized carbons (Fsp3) is 0.562. The lowest BCUT2D eigenvalue weighted by Gasteiger charge is -2.26.